The van der Waals surface area contributed by atoms with E-state index in [0.717, 1.165) is 5.56 Å². The Morgan fingerprint density at radius 1 is 1.60 bits per heavy atom. The Morgan fingerprint density at radius 2 is 2.40 bits per heavy atom. The number of rotatable bonds is 6. The third-order valence-corrected chi connectivity index (χ3v) is 2.20. The van der Waals surface area contributed by atoms with Crippen LogP contribution in [0.15, 0.2) is 18.5 Å². The molecule has 4 nitrogen and oxygen atoms in total. The van der Waals surface area contributed by atoms with Gasteiger partial charge in [0.1, 0.15) is 0 Å². The molecule has 1 aromatic heterocycles. The predicted octanol–water partition coefficient (Wildman–Crippen LogP) is 0.994. The number of hydrogen-bond donors (Lipinski definition) is 2. The Morgan fingerprint density at radius 3 is 3.07 bits per heavy atom. The number of nitrogens with two attached hydrogens (primary N) is 1. The summed E-state index contributed by atoms with van der Waals surface area (Å²) >= 11 is 0. The molecule has 3 N–H and O–H groups in total. The summed E-state index contributed by atoms with van der Waals surface area (Å²) in [6, 6.07) is 1.74. The highest BCUT2D eigenvalue weighted by Crippen LogP contribution is 2.12. The van der Waals surface area contributed by atoms with E-state index in [2.05, 4.69) is 4.98 Å². The highest BCUT2D eigenvalue weighted by molar-refractivity contribution is 5.44. The molecule has 1 rings (SSSR count). The van der Waals surface area contributed by atoms with E-state index < -0.39 is 6.10 Å². The summed E-state index contributed by atoms with van der Waals surface area (Å²) in [5.74, 6) is 0. The maximum atomic E-state index is 9.69. The molecule has 0 bridgehead atoms. The first kappa shape index (κ1) is 11.9. The van der Waals surface area contributed by atoms with Crippen molar-refractivity contribution in [3.63, 3.8) is 0 Å². The van der Waals surface area contributed by atoms with Crippen molar-refractivity contribution in [2.45, 2.75) is 25.9 Å². The van der Waals surface area contributed by atoms with Crippen molar-refractivity contribution in [2.75, 3.05) is 18.9 Å². The maximum absolute atomic E-state index is 9.69. The fourth-order valence-corrected chi connectivity index (χ4v) is 1.33. The molecule has 1 heterocycles. The van der Waals surface area contributed by atoms with Gasteiger partial charge in [0.25, 0.3) is 0 Å². The fraction of sp³-hybridized carbons (Fsp3) is 0.545. The standard InChI is InChI=1S/C11H18N2O2/c1-2-15-6-4-10(14)7-9-8-13-5-3-11(9)12/h3,5,8,10,14H,2,4,6-7H2,1H3,(H2,12,13). The van der Waals surface area contributed by atoms with E-state index in [9.17, 15) is 5.11 Å². The molecule has 84 valence electrons. The minimum atomic E-state index is -0.414. The van der Waals surface area contributed by atoms with Gasteiger partial charge in [-0.05, 0) is 25.0 Å². The predicted molar refractivity (Wildman–Crippen MR) is 59.5 cm³/mol. The van der Waals surface area contributed by atoms with Crippen molar-refractivity contribution < 1.29 is 9.84 Å². The molecule has 0 aliphatic heterocycles. The molecule has 1 aromatic rings. The van der Waals surface area contributed by atoms with Crippen molar-refractivity contribution in [1.29, 1.82) is 0 Å². The monoisotopic (exact) mass is 210 g/mol. The second kappa shape index (κ2) is 6.37. The first-order valence-electron chi connectivity index (χ1n) is 5.18. The summed E-state index contributed by atoms with van der Waals surface area (Å²) in [5, 5.41) is 9.69. The molecule has 0 aliphatic rings. The van der Waals surface area contributed by atoms with Gasteiger partial charge in [0.05, 0.1) is 6.10 Å². The largest absolute Gasteiger partial charge is 0.398 e. The summed E-state index contributed by atoms with van der Waals surface area (Å²) in [7, 11) is 0. The van der Waals surface area contributed by atoms with Crippen molar-refractivity contribution in [1.82, 2.24) is 4.98 Å². The zero-order valence-electron chi connectivity index (χ0n) is 9.02. The van der Waals surface area contributed by atoms with Crippen LogP contribution in [0.2, 0.25) is 0 Å². The Hall–Kier alpha value is -1.13. The van der Waals surface area contributed by atoms with E-state index in [-0.39, 0.29) is 0 Å². The zero-order valence-corrected chi connectivity index (χ0v) is 9.02. The van der Waals surface area contributed by atoms with Crippen LogP contribution in [0.25, 0.3) is 0 Å². The maximum Gasteiger partial charge on any atom is 0.0603 e. The molecule has 0 aliphatic carbocycles. The van der Waals surface area contributed by atoms with Crippen molar-refractivity contribution in [2.24, 2.45) is 0 Å². The van der Waals surface area contributed by atoms with Crippen LogP contribution in [0.5, 0.6) is 0 Å². The average molecular weight is 210 g/mol. The Bertz CT molecular complexity index is 292. The van der Waals surface area contributed by atoms with Gasteiger partial charge in [-0.3, -0.25) is 4.98 Å². The summed E-state index contributed by atoms with van der Waals surface area (Å²) in [6.45, 7) is 3.20. The lowest BCUT2D eigenvalue weighted by molar-refractivity contribution is 0.0887. The van der Waals surface area contributed by atoms with Crippen LogP contribution >= 0.6 is 0 Å². The van der Waals surface area contributed by atoms with E-state index >= 15 is 0 Å². The number of nitrogens with zero attached hydrogens (tertiary/aromatic N) is 1. The molecule has 0 aromatic carbocycles. The second-order valence-electron chi connectivity index (χ2n) is 3.42. The molecule has 0 spiro atoms. The molecule has 0 saturated carbocycles. The van der Waals surface area contributed by atoms with Gasteiger partial charge >= 0.3 is 0 Å². The van der Waals surface area contributed by atoms with Gasteiger partial charge in [-0.1, -0.05) is 0 Å². The van der Waals surface area contributed by atoms with Gasteiger partial charge in [0.15, 0.2) is 0 Å². The molecule has 1 unspecified atom stereocenters. The first-order chi connectivity index (χ1) is 7.24. The molecule has 0 amide bonds. The van der Waals surface area contributed by atoms with Crippen LogP contribution in [-0.2, 0) is 11.2 Å². The Balaban J connectivity index is 2.37. The van der Waals surface area contributed by atoms with Gasteiger partial charge in [0.2, 0.25) is 0 Å². The van der Waals surface area contributed by atoms with Gasteiger partial charge < -0.3 is 15.6 Å². The molecular formula is C11H18N2O2. The number of hydrogen-bond acceptors (Lipinski definition) is 4. The molecule has 0 radical (unpaired) electrons. The van der Waals surface area contributed by atoms with Gasteiger partial charge in [-0.25, -0.2) is 0 Å². The Kier molecular flexibility index (Phi) is 5.07. The quantitative estimate of drug-likeness (QED) is 0.687. The highest BCUT2D eigenvalue weighted by Gasteiger charge is 2.07. The van der Waals surface area contributed by atoms with Crippen molar-refractivity contribution in [3.05, 3.63) is 24.0 Å². The van der Waals surface area contributed by atoms with Crippen LogP contribution in [0, 0.1) is 0 Å². The van der Waals surface area contributed by atoms with E-state index in [4.69, 9.17) is 10.5 Å². The van der Waals surface area contributed by atoms with E-state index in [1.54, 1.807) is 18.5 Å². The first-order valence-corrected chi connectivity index (χ1v) is 5.18. The number of aliphatic hydroxyl groups is 1. The third-order valence-electron chi connectivity index (χ3n) is 2.20. The van der Waals surface area contributed by atoms with Crippen molar-refractivity contribution in [3.8, 4) is 0 Å². The van der Waals surface area contributed by atoms with Gasteiger partial charge in [-0.15, -0.1) is 0 Å². The van der Waals surface area contributed by atoms with Crippen LogP contribution in [0.1, 0.15) is 18.9 Å². The van der Waals surface area contributed by atoms with Crippen molar-refractivity contribution >= 4 is 5.69 Å². The lowest BCUT2D eigenvalue weighted by Crippen LogP contribution is -2.14. The minimum Gasteiger partial charge on any atom is -0.398 e. The normalized spacial score (nSPS) is 12.7. The van der Waals surface area contributed by atoms with E-state index in [1.165, 1.54) is 0 Å². The number of nitrogen functional groups attached to an aromatic ring is 1. The van der Waals surface area contributed by atoms with Crippen LogP contribution < -0.4 is 5.73 Å². The number of ether oxygens (including phenoxy) is 1. The summed E-state index contributed by atoms with van der Waals surface area (Å²) in [6.07, 6.45) is 4.09. The number of aliphatic hydroxyl groups excluding tert-OH is 1. The Labute approximate surface area is 90.1 Å². The minimum absolute atomic E-state index is 0.414. The van der Waals surface area contributed by atoms with E-state index in [1.807, 2.05) is 6.92 Å². The molecule has 1 atom stereocenters. The number of anilines is 1. The molecule has 4 heteroatoms. The van der Waals surface area contributed by atoms with E-state index in [0.29, 0.717) is 31.7 Å². The summed E-state index contributed by atoms with van der Waals surface area (Å²) < 4.78 is 5.17. The molecular weight excluding hydrogens is 192 g/mol. The van der Waals surface area contributed by atoms with Crippen LogP contribution in [0.4, 0.5) is 5.69 Å². The highest BCUT2D eigenvalue weighted by atomic mass is 16.5. The lowest BCUT2D eigenvalue weighted by Gasteiger charge is -2.11. The lowest BCUT2D eigenvalue weighted by atomic mass is 10.1. The second-order valence-corrected chi connectivity index (χ2v) is 3.42. The van der Waals surface area contributed by atoms with Crippen LogP contribution in [-0.4, -0.2) is 29.4 Å². The zero-order chi connectivity index (χ0) is 11.1. The number of aromatic nitrogens is 1. The topological polar surface area (TPSA) is 68.4 Å². The SMILES string of the molecule is CCOCCC(O)Cc1cnccc1N. The smallest absolute Gasteiger partial charge is 0.0603 e. The summed E-state index contributed by atoms with van der Waals surface area (Å²) in [5.41, 5.74) is 7.31. The molecule has 0 saturated heterocycles. The third kappa shape index (κ3) is 4.27. The van der Waals surface area contributed by atoms with Gasteiger partial charge in [0, 0.05) is 37.7 Å². The number of pyridine rings is 1. The van der Waals surface area contributed by atoms with Crippen LogP contribution in [0.3, 0.4) is 0 Å². The average Bonchev–Trinajstić information content (AvgIpc) is 2.22. The molecule has 15 heavy (non-hydrogen) atoms. The molecule has 0 fully saturated rings. The fourth-order valence-electron chi connectivity index (χ4n) is 1.33. The summed E-state index contributed by atoms with van der Waals surface area (Å²) in [4.78, 5) is 3.97. The van der Waals surface area contributed by atoms with Gasteiger partial charge in [-0.2, -0.15) is 0 Å².